The van der Waals surface area contributed by atoms with E-state index in [0.29, 0.717) is 6.04 Å². The lowest BCUT2D eigenvalue weighted by Gasteiger charge is -2.28. The topological polar surface area (TPSA) is 32.3 Å². The number of fused-ring (bicyclic) bond motifs is 1. The fraction of sp³-hybridized carbons (Fsp3) is 0.500. The van der Waals surface area contributed by atoms with E-state index in [1.807, 2.05) is 30.8 Å². The molecule has 0 fully saturated rings. The molecular formula is C12H16ClNOS. The molecule has 1 heterocycles. The molecule has 1 unspecified atom stereocenters. The van der Waals surface area contributed by atoms with Crippen molar-refractivity contribution >= 4 is 23.4 Å². The summed E-state index contributed by atoms with van der Waals surface area (Å²) in [6.45, 7) is 2.16. The number of rotatable bonds is 3. The molecule has 0 saturated carbocycles. The molecule has 2 N–H and O–H groups in total. The van der Waals surface area contributed by atoms with Gasteiger partial charge in [-0.1, -0.05) is 23.7 Å². The monoisotopic (exact) mass is 257 g/mol. The number of hydrogen-bond acceptors (Lipinski definition) is 3. The summed E-state index contributed by atoms with van der Waals surface area (Å²) in [5.74, 6) is 1.08. The molecule has 0 saturated heterocycles. The van der Waals surface area contributed by atoms with Crippen LogP contribution in [0.2, 0.25) is 5.02 Å². The fourth-order valence-corrected chi connectivity index (χ4v) is 3.44. The molecule has 1 aliphatic rings. The molecule has 1 aromatic carbocycles. The number of benzene rings is 1. The van der Waals surface area contributed by atoms with Crippen molar-refractivity contribution in [2.24, 2.45) is 0 Å². The number of thioether (sulfide) groups is 1. The van der Waals surface area contributed by atoms with Gasteiger partial charge in [0.2, 0.25) is 0 Å². The summed E-state index contributed by atoms with van der Waals surface area (Å²) in [6, 6.07) is 6.49. The van der Waals surface area contributed by atoms with E-state index in [1.54, 1.807) is 0 Å². The zero-order valence-corrected chi connectivity index (χ0v) is 10.8. The summed E-state index contributed by atoms with van der Waals surface area (Å²) >= 11 is 8.00. The Balaban J connectivity index is 2.23. The Bertz CT molecular complexity index is 372. The molecule has 4 heteroatoms. The number of halogens is 1. The van der Waals surface area contributed by atoms with E-state index < -0.39 is 0 Å². The van der Waals surface area contributed by atoms with Crippen molar-refractivity contribution in [2.45, 2.75) is 30.3 Å². The molecule has 0 radical (unpaired) electrons. The van der Waals surface area contributed by atoms with E-state index in [0.717, 1.165) is 17.2 Å². The Hall–Kier alpha value is -0.220. The van der Waals surface area contributed by atoms with E-state index in [4.69, 9.17) is 16.7 Å². The Morgan fingerprint density at radius 2 is 2.44 bits per heavy atom. The lowest BCUT2D eigenvalue weighted by molar-refractivity contribution is 0.239. The highest BCUT2D eigenvalue weighted by molar-refractivity contribution is 7.99. The molecule has 0 aliphatic carbocycles. The van der Waals surface area contributed by atoms with Crippen molar-refractivity contribution in [3.8, 4) is 0 Å². The minimum Gasteiger partial charge on any atom is -0.395 e. The highest BCUT2D eigenvalue weighted by Gasteiger charge is 2.23. The standard InChI is InChI=1S/C12H16ClNOS/c1-8(7-15)14-11-5-6-16-12-9(11)3-2-4-10(12)13/h2-4,8,11,14-15H,5-7H2,1H3/t8-,11?/m0/s1. The quantitative estimate of drug-likeness (QED) is 0.874. The molecule has 2 atom stereocenters. The maximum atomic E-state index is 9.07. The summed E-state index contributed by atoms with van der Waals surface area (Å²) in [6.07, 6.45) is 1.09. The molecule has 16 heavy (non-hydrogen) atoms. The van der Waals surface area contributed by atoms with E-state index >= 15 is 0 Å². The average molecular weight is 258 g/mol. The van der Waals surface area contributed by atoms with E-state index in [2.05, 4.69) is 11.4 Å². The maximum Gasteiger partial charge on any atom is 0.0582 e. The Morgan fingerprint density at radius 3 is 3.19 bits per heavy atom. The zero-order valence-electron chi connectivity index (χ0n) is 9.24. The van der Waals surface area contributed by atoms with Crippen molar-refractivity contribution in [3.63, 3.8) is 0 Å². The van der Waals surface area contributed by atoms with Gasteiger partial charge in [-0.2, -0.15) is 0 Å². The van der Waals surface area contributed by atoms with Crippen LogP contribution in [0.15, 0.2) is 23.1 Å². The Labute approximate surface area is 105 Å². The van der Waals surface area contributed by atoms with Gasteiger partial charge >= 0.3 is 0 Å². The second-order valence-corrected chi connectivity index (χ2v) is 5.61. The average Bonchev–Trinajstić information content (AvgIpc) is 2.30. The molecule has 0 aromatic heterocycles. The molecule has 0 amide bonds. The van der Waals surface area contributed by atoms with Gasteiger partial charge in [0.15, 0.2) is 0 Å². The SMILES string of the molecule is C[C@@H](CO)NC1CCSc2c(Cl)cccc21. The zero-order chi connectivity index (χ0) is 11.5. The first-order valence-electron chi connectivity index (χ1n) is 5.50. The van der Waals surface area contributed by atoms with Gasteiger partial charge in [0.05, 0.1) is 11.6 Å². The van der Waals surface area contributed by atoms with Crippen molar-refractivity contribution in [1.29, 1.82) is 0 Å². The minimum absolute atomic E-state index is 0.125. The van der Waals surface area contributed by atoms with Gasteiger partial charge < -0.3 is 10.4 Å². The van der Waals surface area contributed by atoms with Crippen LogP contribution in [0.5, 0.6) is 0 Å². The van der Waals surface area contributed by atoms with Crippen LogP contribution in [-0.4, -0.2) is 23.5 Å². The summed E-state index contributed by atoms with van der Waals surface area (Å²) < 4.78 is 0. The number of aliphatic hydroxyl groups excluding tert-OH is 1. The van der Waals surface area contributed by atoms with Crippen molar-refractivity contribution in [1.82, 2.24) is 5.32 Å². The van der Waals surface area contributed by atoms with Crippen molar-refractivity contribution in [3.05, 3.63) is 28.8 Å². The molecule has 1 aromatic rings. The number of aliphatic hydroxyl groups is 1. The summed E-state index contributed by atoms with van der Waals surface area (Å²) in [4.78, 5) is 1.19. The van der Waals surface area contributed by atoms with Crippen LogP contribution in [0, 0.1) is 0 Å². The Kier molecular flexibility index (Phi) is 4.14. The largest absolute Gasteiger partial charge is 0.395 e. The van der Waals surface area contributed by atoms with E-state index in [9.17, 15) is 0 Å². The molecule has 2 rings (SSSR count). The summed E-state index contributed by atoms with van der Waals surface area (Å²) in [7, 11) is 0. The summed E-state index contributed by atoms with van der Waals surface area (Å²) in [5.41, 5.74) is 1.27. The third-order valence-electron chi connectivity index (χ3n) is 2.79. The highest BCUT2D eigenvalue weighted by Crippen LogP contribution is 2.40. The lowest BCUT2D eigenvalue weighted by Crippen LogP contribution is -2.34. The van der Waals surface area contributed by atoms with Crippen LogP contribution in [0.4, 0.5) is 0 Å². The third kappa shape index (κ3) is 2.54. The second kappa shape index (κ2) is 5.41. The van der Waals surface area contributed by atoms with Gasteiger partial charge in [-0.25, -0.2) is 0 Å². The molecule has 0 spiro atoms. The predicted octanol–water partition coefficient (Wildman–Crippen LogP) is 2.85. The van der Waals surface area contributed by atoms with Gasteiger partial charge in [-0.15, -0.1) is 11.8 Å². The van der Waals surface area contributed by atoms with Crippen LogP contribution < -0.4 is 5.32 Å². The van der Waals surface area contributed by atoms with Gasteiger partial charge in [0.1, 0.15) is 0 Å². The predicted molar refractivity (Wildman–Crippen MR) is 69.2 cm³/mol. The normalized spacial score (nSPS) is 21.6. The first kappa shape index (κ1) is 12.2. The number of nitrogens with one attached hydrogen (secondary N) is 1. The van der Waals surface area contributed by atoms with E-state index in [-0.39, 0.29) is 12.6 Å². The highest BCUT2D eigenvalue weighted by atomic mass is 35.5. The van der Waals surface area contributed by atoms with Gasteiger partial charge in [0, 0.05) is 17.0 Å². The summed E-state index contributed by atoms with van der Waals surface area (Å²) in [5, 5.41) is 13.3. The van der Waals surface area contributed by atoms with Crippen LogP contribution in [0.25, 0.3) is 0 Å². The van der Waals surface area contributed by atoms with E-state index in [1.165, 1.54) is 10.5 Å². The molecule has 88 valence electrons. The van der Waals surface area contributed by atoms with Crippen molar-refractivity contribution in [2.75, 3.05) is 12.4 Å². The van der Waals surface area contributed by atoms with Crippen molar-refractivity contribution < 1.29 is 5.11 Å². The van der Waals surface area contributed by atoms with Crippen LogP contribution in [0.1, 0.15) is 24.9 Å². The fourth-order valence-electron chi connectivity index (χ4n) is 1.96. The molecule has 2 nitrogen and oxygen atoms in total. The molecular weight excluding hydrogens is 242 g/mol. The lowest BCUT2D eigenvalue weighted by atomic mass is 10.0. The molecule has 1 aliphatic heterocycles. The first-order valence-corrected chi connectivity index (χ1v) is 6.87. The third-order valence-corrected chi connectivity index (χ3v) is 4.40. The van der Waals surface area contributed by atoms with Gasteiger partial charge in [-0.05, 0) is 30.7 Å². The first-order chi connectivity index (χ1) is 7.72. The number of hydrogen-bond donors (Lipinski definition) is 2. The smallest absolute Gasteiger partial charge is 0.0582 e. The minimum atomic E-state index is 0.125. The Morgan fingerprint density at radius 1 is 1.62 bits per heavy atom. The van der Waals surface area contributed by atoms with Gasteiger partial charge in [0.25, 0.3) is 0 Å². The van der Waals surface area contributed by atoms with Crippen LogP contribution in [0.3, 0.4) is 0 Å². The van der Waals surface area contributed by atoms with Crippen LogP contribution >= 0.6 is 23.4 Å². The van der Waals surface area contributed by atoms with Crippen LogP contribution in [-0.2, 0) is 0 Å². The second-order valence-electron chi connectivity index (χ2n) is 4.10. The molecule has 0 bridgehead atoms. The van der Waals surface area contributed by atoms with Gasteiger partial charge in [-0.3, -0.25) is 0 Å². The maximum absolute atomic E-state index is 9.07.